The Morgan fingerprint density at radius 1 is 1.56 bits per heavy atom. The van der Waals surface area contributed by atoms with Crippen LogP contribution in [-0.2, 0) is 4.79 Å². The number of carboxylic acids is 1. The van der Waals surface area contributed by atoms with Crippen LogP contribution in [0.5, 0.6) is 0 Å². The number of pyridine rings is 1. The van der Waals surface area contributed by atoms with Crippen LogP contribution in [0.4, 0.5) is 0 Å². The minimum absolute atomic E-state index is 0.273. The first-order valence-electron chi connectivity index (χ1n) is 5.63. The van der Waals surface area contributed by atoms with Gasteiger partial charge in [-0.15, -0.1) is 0 Å². The molecule has 0 fully saturated rings. The van der Waals surface area contributed by atoms with E-state index in [2.05, 4.69) is 10.3 Å². The molecule has 1 heterocycles. The summed E-state index contributed by atoms with van der Waals surface area (Å²) in [6.45, 7) is 2.07. The third kappa shape index (κ3) is 4.33. The van der Waals surface area contributed by atoms with Crippen molar-refractivity contribution in [3.05, 3.63) is 29.0 Å². The average molecular weight is 271 g/mol. The molecular weight excluding hydrogens is 256 g/mol. The highest BCUT2D eigenvalue weighted by Crippen LogP contribution is 2.13. The van der Waals surface area contributed by atoms with Crippen LogP contribution in [-0.4, -0.2) is 28.5 Å². The molecule has 0 aromatic carbocycles. The van der Waals surface area contributed by atoms with E-state index in [1.165, 1.54) is 18.5 Å². The molecule has 0 aliphatic rings. The SMILES string of the molecule is CC(CCCNC(=O)c1ccncc1Cl)C(=O)O. The maximum atomic E-state index is 11.7. The van der Waals surface area contributed by atoms with Gasteiger partial charge in [-0.25, -0.2) is 0 Å². The predicted octanol–water partition coefficient (Wildman–Crippen LogP) is 1.97. The van der Waals surface area contributed by atoms with E-state index in [-0.39, 0.29) is 5.91 Å². The quantitative estimate of drug-likeness (QED) is 0.775. The molecule has 1 aromatic heterocycles. The van der Waals surface area contributed by atoms with Crippen molar-refractivity contribution < 1.29 is 14.7 Å². The van der Waals surface area contributed by atoms with Crippen LogP contribution in [0.25, 0.3) is 0 Å². The number of carbonyl (C=O) groups excluding carboxylic acids is 1. The van der Waals surface area contributed by atoms with Gasteiger partial charge < -0.3 is 10.4 Å². The monoisotopic (exact) mass is 270 g/mol. The number of halogens is 1. The van der Waals surface area contributed by atoms with E-state index in [1.807, 2.05) is 0 Å². The number of carbonyl (C=O) groups is 2. The lowest BCUT2D eigenvalue weighted by molar-refractivity contribution is -0.141. The van der Waals surface area contributed by atoms with E-state index in [4.69, 9.17) is 16.7 Å². The summed E-state index contributed by atoms with van der Waals surface area (Å²) in [5.74, 6) is -1.49. The summed E-state index contributed by atoms with van der Waals surface area (Å²) < 4.78 is 0. The molecule has 1 aromatic rings. The van der Waals surface area contributed by atoms with Crippen LogP contribution >= 0.6 is 11.6 Å². The fourth-order valence-electron chi connectivity index (χ4n) is 1.39. The zero-order valence-electron chi connectivity index (χ0n) is 10.0. The Labute approximate surface area is 110 Å². The number of amides is 1. The summed E-state index contributed by atoms with van der Waals surface area (Å²) in [4.78, 5) is 26.1. The van der Waals surface area contributed by atoms with E-state index >= 15 is 0 Å². The minimum atomic E-state index is -0.821. The van der Waals surface area contributed by atoms with Crippen molar-refractivity contribution in [3.8, 4) is 0 Å². The molecule has 1 amide bonds. The molecule has 98 valence electrons. The smallest absolute Gasteiger partial charge is 0.306 e. The van der Waals surface area contributed by atoms with Gasteiger partial charge in [0, 0.05) is 18.9 Å². The van der Waals surface area contributed by atoms with Gasteiger partial charge in [0.2, 0.25) is 0 Å². The maximum absolute atomic E-state index is 11.7. The number of aliphatic carboxylic acids is 1. The fraction of sp³-hybridized carbons (Fsp3) is 0.417. The van der Waals surface area contributed by atoms with Gasteiger partial charge in [-0.3, -0.25) is 14.6 Å². The van der Waals surface area contributed by atoms with Crippen molar-refractivity contribution in [2.75, 3.05) is 6.54 Å². The number of carboxylic acid groups (broad SMARTS) is 1. The van der Waals surface area contributed by atoms with Crippen LogP contribution in [0, 0.1) is 5.92 Å². The Kier molecular flexibility index (Phi) is 5.58. The Balaban J connectivity index is 2.34. The number of nitrogens with zero attached hydrogens (tertiary/aromatic N) is 1. The van der Waals surface area contributed by atoms with Crippen molar-refractivity contribution in [2.24, 2.45) is 5.92 Å². The summed E-state index contributed by atoms with van der Waals surface area (Å²) >= 11 is 5.82. The molecule has 18 heavy (non-hydrogen) atoms. The van der Waals surface area contributed by atoms with Gasteiger partial charge in [0.1, 0.15) is 0 Å². The van der Waals surface area contributed by atoms with Gasteiger partial charge >= 0.3 is 5.97 Å². The molecule has 6 heteroatoms. The second kappa shape index (κ2) is 6.96. The summed E-state index contributed by atoms with van der Waals surface area (Å²) in [7, 11) is 0. The maximum Gasteiger partial charge on any atom is 0.306 e. The van der Waals surface area contributed by atoms with Gasteiger partial charge in [0.15, 0.2) is 0 Å². The molecule has 0 aliphatic carbocycles. The van der Waals surface area contributed by atoms with Crippen molar-refractivity contribution in [1.29, 1.82) is 0 Å². The third-order valence-corrected chi connectivity index (χ3v) is 2.84. The zero-order chi connectivity index (χ0) is 13.5. The highest BCUT2D eigenvalue weighted by molar-refractivity contribution is 6.33. The number of rotatable bonds is 6. The van der Waals surface area contributed by atoms with Gasteiger partial charge in [-0.05, 0) is 18.9 Å². The molecule has 1 rings (SSSR count). The van der Waals surface area contributed by atoms with Crippen molar-refractivity contribution in [2.45, 2.75) is 19.8 Å². The molecule has 0 bridgehead atoms. The lowest BCUT2D eigenvalue weighted by atomic mass is 10.1. The minimum Gasteiger partial charge on any atom is -0.481 e. The summed E-state index contributed by atoms with van der Waals surface area (Å²) in [5.41, 5.74) is 0.373. The molecule has 0 saturated carbocycles. The average Bonchev–Trinajstić information content (AvgIpc) is 2.34. The van der Waals surface area contributed by atoms with Crippen LogP contribution in [0.1, 0.15) is 30.1 Å². The third-order valence-electron chi connectivity index (χ3n) is 2.54. The predicted molar refractivity (Wildman–Crippen MR) is 67.6 cm³/mol. The highest BCUT2D eigenvalue weighted by Gasteiger charge is 2.11. The van der Waals surface area contributed by atoms with Crippen molar-refractivity contribution in [3.63, 3.8) is 0 Å². The van der Waals surface area contributed by atoms with E-state index < -0.39 is 11.9 Å². The number of hydrogen-bond donors (Lipinski definition) is 2. The molecule has 0 saturated heterocycles. The summed E-state index contributed by atoms with van der Waals surface area (Å²) in [6.07, 6.45) is 4.04. The number of hydrogen-bond acceptors (Lipinski definition) is 3. The molecule has 0 radical (unpaired) electrons. The second-order valence-electron chi connectivity index (χ2n) is 3.99. The zero-order valence-corrected chi connectivity index (χ0v) is 10.8. The van der Waals surface area contributed by atoms with E-state index in [0.717, 1.165) is 0 Å². The lowest BCUT2D eigenvalue weighted by Crippen LogP contribution is -2.25. The molecule has 0 aliphatic heterocycles. The van der Waals surface area contributed by atoms with Crippen LogP contribution in [0.15, 0.2) is 18.5 Å². The number of aromatic nitrogens is 1. The molecule has 1 atom stereocenters. The molecule has 5 nitrogen and oxygen atoms in total. The molecule has 0 spiro atoms. The Morgan fingerprint density at radius 3 is 2.89 bits per heavy atom. The first-order valence-corrected chi connectivity index (χ1v) is 6.00. The van der Waals surface area contributed by atoms with Gasteiger partial charge in [-0.2, -0.15) is 0 Å². The van der Waals surface area contributed by atoms with Crippen LogP contribution < -0.4 is 5.32 Å². The number of nitrogens with one attached hydrogen (secondary N) is 1. The molecule has 1 unspecified atom stereocenters. The van der Waals surface area contributed by atoms with Gasteiger partial charge in [0.25, 0.3) is 5.91 Å². The fourth-order valence-corrected chi connectivity index (χ4v) is 1.59. The highest BCUT2D eigenvalue weighted by atomic mass is 35.5. The van der Waals surface area contributed by atoms with E-state index in [9.17, 15) is 9.59 Å². The topological polar surface area (TPSA) is 79.3 Å². The summed E-state index contributed by atoms with van der Waals surface area (Å²) in [5, 5.41) is 11.7. The first-order chi connectivity index (χ1) is 8.52. The van der Waals surface area contributed by atoms with Gasteiger partial charge in [0.05, 0.1) is 16.5 Å². The van der Waals surface area contributed by atoms with E-state index in [0.29, 0.717) is 30.0 Å². The second-order valence-corrected chi connectivity index (χ2v) is 4.40. The Morgan fingerprint density at radius 2 is 2.28 bits per heavy atom. The van der Waals surface area contributed by atoms with E-state index in [1.54, 1.807) is 6.92 Å². The van der Waals surface area contributed by atoms with Crippen LogP contribution in [0.2, 0.25) is 5.02 Å². The Hall–Kier alpha value is -1.62. The van der Waals surface area contributed by atoms with Gasteiger partial charge in [-0.1, -0.05) is 18.5 Å². The van der Waals surface area contributed by atoms with Crippen molar-refractivity contribution >= 4 is 23.5 Å². The summed E-state index contributed by atoms with van der Waals surface area (Å²) in [6, 6.07) is 1.54. The largest absolute Gasteiger partial charge is 0.481 e. The Bertz CT molecular complexity index is 437. The normalized spacial score (nSPS) is 11.9. The lowest BCUT2D eigenvalue weighted by Gasteiger charge is -2.08. The molecule has 2 N–H and O–H groups in total. The van der Waals surface area contributed by atoms with Crippen molar-refractivity contribution in [1.82, 2.24) is 10.3 Å². The first kappa shape index (κ1) is 14.4. The molecular formula is C12H15ClN2O3. The standard InChI is InChI=1S/C12H15ClN2O3/c1-8(12(17)18)3-2-5-15-11(16)9-4-6-14-7-10(9)13/h4,6-8H,2-3,5H2,1H3,(H,15,16)(H,17,18). The van der Waals surface area contributed by atoms with Crippen LogP contribution in [0.3, 0.4) is 0 Å².